The Morgan fingerprint density at radius 2 is 1.97 bits per heavy atom. The monoisotopic (exact) mass is 390 g/mol. The number of benzene rings is 2. The number of nitrogens with zero attached hydrogens (tertiary/aromatic N) is 2. The van der Waals surface area contributed by atoms with Crippen LogP contribution in [0.3, 0.4) is 0 Å². The van der Waals surface area contributed by atoms with Gasteiger partial charge in [0.1, 0.15) is 17.2 Å². The van der Waals surface area contributed by atoms with Gasteiger partial charge in [0.2, 0.25) is 6.23 Å². The second-order valence-corrected chi connectivity index (χ2v) is 6.97. The molecule has 0 fully saturated rings. The highest BCUT2D eigenvalue weighted by Crippen LogP contribution is 2.50. The summed E-state index contributed by atoms with van der Waals surface area (Å²) in [5.74, 6) is 3.12. The highest BCUT2D eigenvalue weighted by molar-refractivity contribution is 5.99. The molecule has 0 radical (unpaired) electrons. The van der Waals surface area contributed by atoms with Crippen LogP contribution < -0.4 is 14.2 Å². The maximum atomic E-state index is 6.44. The lowest BCUT2D eigenvalue weighted by Gasteiger charge is -2.38. The van der Waals surface area contributed by atoms with Gasteiger partial charge in [-0.25, -0.2) is 5.01 Å². The van der Waals surface area contributed by atoms with Gasteiger partial charge in [-0.1, -0.05) is 12.1 Å². The standard InChI is InChI=1S/C23H22N2O4/c1-3-27-16-11-9-15(10-12-16)23-25-19(14-18(24-25)20-8-5-13-28-20)17-6-4-7-21(26-2)22(17)29-23/h4-13,19,23H,3,14H2,1-2H3/t19-,23-/m1/s1. The van der Waals surface area contributed by atoms with E-state index >= 15 is 0 Å². The predicted molar refractivity (Wildman–Crippen MR) is 108 cm³/mol. The molecule has 3 heterocycles. The molecule has 29 heavy (non-hydrogen) atoms. The number of hydrogen-bond acceptors (Lipinski definition) is 6. The van der Waals surface area contributed by atoms with Crippen LogP contribution in [0.5, 0.6) is 17.2 Å². The van der Waals surface area contributed by atoms with Crippen molar-refractivity contribution in [1.82, 2.24) is 5.01 Å². The predicted octanol–water partition coefficient (Wildman–Crippen LogP) is 4.93. The first kappa shape index (κ1) is 17.7. The van der Waals surface area contributed by atoms with E-state index in [4.69, 9.17) is 23.7 Å². The molecule has 0 saturated heterocycles. The number of hydrogen-bond donors (Lipinski definition) is 0. The number of furan rings is 1. The molecule has 2 aromatic carbocycles. The summed E-state index contributed by atoms with van der Waals surface area (Å²) in [6.45, 7) is 2.61. The quantitative estimate of drug-likeness (QED) is 0.618. The second-order valence-electron chi connectivity index (χ2n) is 6.97. The molecule has 6 nitrogen and oxygen atoms in total. The third-order valence-electron chi connectivity index (χ3n) is 5.28. The molecule has 0 spiro atoms. The zero-order valence-corrected chi connectivity index (χ0v) is 16.4. The molecular formula is C23H22N2O4. The van der Waals surface area contributed by atoms with Crippen molar-refractivity contribution in [1.29, 1.82) is 0 Å². The second kappa shape index (κ2) is 7.20. The highest BCUT2D eigenvalue weighted by atomic mass is 16.5. The van der Waals surface area contributed by atoms with Crippen molar-refractivity contribution in [3.05, 3.63) is 77.7 Å². The van der Waals surface area contributed by atoms with E-state index in [2.05, 4.69) is 6.07 Å². The van der Waals surface area contributed by atoms with E-state index in [1.807, 2.05) is 60.5 Å². The summed E-state index contributed by atoms with van der Waals surface area (Å²) in [4.78, 5) is 0. The summed E-state index contributed by atoms with van der Waals surface area (Å²) in [5.41, 5.74) is 2.98. The Kier molecular flexibility index (Phi) is 4.39. The van der Waals surface area contributed by atoms with Gasteiger partial charge in [-0.05, 0) is 49.4 Å². The number of ether oxygens (including phenoxy) is 3. The van der Waals surface area contributed by atoms with E-state index in [1.165, 1.54) is 0 Å². The number of para-hydroxylation sites is 1. The van der Waals surface area contributed by atoms with Crippen LogP contribution in [0.1, 0.15) is 42.5 Å². The number of rotatable bonds is 5. The first-order valence-electron chi connectivity index (χ1n) is 9.74. The average molecular weight is 390 g/mol. The van der Waals surface area contributed by atoms with Gasteiger partial charge in [0.25, 0.3) is 0 Å². The van der Waals surface area contributed by atoms with E-state index < -0.39 is 0 Å². The maximum Gasteiger partial charge on any atom is 0.214 e. The Morgan fingerprint density at radius 3 is 2.69 bits per heavy atom. The lowest BCUT2D eigenvalue weighted by molar-refractivity contribution is -0.0209. The van der Waals surface area contributed by atoms with Gasteiger partial charge in [-0.3, -0.25) is 0 Å². The molecule has 0 N–H and O–H groups in total. The molecule has 1 aromatic heterocycles. The molecule has 0 amide bonds. The molecule has 2 aliphatic rings. The van der Waals surface area contributed by atoms with E-state index in [0.717, 1.165) is 46.3 Å². The number of methoxy groups -OCH3 is 1. The molecule has 3 aromatic rings. The lowest BCUT2D eigenvalue weighted by atomic mass is 9.97. The molecule has 0 bridgehead atoms. The van der Waals surface area contributed by atoms with Crippen molar-refractivity contribution in [2.75, 3.05) is 13.7 Å². The molecule has 2 atom stereocenters. The van der Waals surface area contributed by atoms with Gasteiger partial charge in [-0.15, -0.1) is 0 Å². The number of hydrazone groups is 1. The minimum absolute atomic E-state index is 0.0468. The molecular weight excluding hydrogens is 368 g/mol. The third kappa shape index (κ3) is 3.01. The zero-order valence-electron chi connectivity index (χ0n) is 16.4. The fraction of sp³-hybridized carbons (Fsp3) is 0.261. The molecule has 0 saturated carbocycles. The fourth-order valence-corrected chi connectivity index (χ4v) is 3.95. The lowest BCUT2D eigenvalue weighted by Crippen LogP contribution is -2.33. The van der Waals surface area contributed by atoms with Crippen LogP contribution in [0.2, 0.25) is 0 Å². The highest BCUT2D eigenvalue weighted by Gasteiger charge is 2.42. The van der Waals surface area contributed by atoms with Gasteiger partial charge in [0.15, 0.2) is 11.5 Å². The van der Waals surface area contributed by atoms with Crippen molar-refractivity contribution in [3.8, 4) is 17.2 Å². The van der Waals surface area contributed by atoms with E-state index in [1.54, 1.807) is 13.4 Å². The van der Waals surface area contributed by atoms with Gasteiger partial charge >= 0.3 is 0 Å². The largest absolute Gasteiger partial charge is 0.494 e. The van der Waals surface area contributed by atoms with Crippen molar-refractivity contribution in [3.63, 3.8) is 0 Å². The normalized spacial score (nSPS) is 19.8. The molecule has 6 heteroatoms. The van der Waals surface area contributed by atoms with Crippen molar-refractivity contribution < 1.29 is 18.6 Å². The van der Waals surface area contributed by atoms with Crippen molar-refractivity contribution in [2.24, 2.45) is 5.10 Å². The Bertz CT molecular complexity index is 1030. The zero-order chi connectivity index (χ0) is 19.8. The SMILES string of the molecule is CCOc1ccc([C@H]2Oc3c(OC)cccc3[C@H]3CC(c4ccco4)=NN32)cc1. The first-order valence-corrected chi connectivity index (χ1v) is 9.74. The van der Waals surface area contributed by atoms with Crippen molar-refractivity contribution >= 4 is 5.71 Å². The minimum atomic E-state index is -0.369. The molecule has 2 aliphatic heterocycles. The maximum absolute atomic E-state index is 6.44. The summed E-state index contributed by atoms with van der Waals surface area (Å²) in [5, 5.41) is 6.91. The Balaban J connectivity index is 1.57. The van der Waals surface area contributed by atoms with Gasteiger partial charge in [0.05, 0.1) is 26.0 Å². The molecule has 0 aliphatic carbocycles. The van der Waals surface area contributed by atoms with Crippen LogP contribution in [0.15, 0.2) is 70.4 Å². The summed E-state index contributed by atoms with van der Waals surface area (Å²) < 4.78 is 23.2. The Hall–Kier alpha value is -3.41. The van der Waals surface area contributed by atoms with E-state index in [9.17, 15) is 0 Å². The van der Waals surface area contributed by atoms with E-state index in [-0.39, 0.29) is 12.3 Å². The summed E-state index contributed by atoms with van der Waals surface area (Å²) in [7, 11) is 1.66. The van der Waals surface area contributed by atoms with Gasteiger partial charge < -0.3 is 18.6 Å². The first-order chi connectivity index (χ1) is 14.3. The van der Waals surface area contributed by atoms with Crippen LogP contribution in [0.25, 0.3) is 0 Å². The average Bonchev–Trinajstić information content (AvgIpc) is 3.43. The topological polar surface area (TPSA) is 56.4 Å². The number of fused-ring (bicyclic) bond motifs is 3. The minimum Gasteiger partial charge on any atom is -0.494 e. The molecule has 0 unspecified atom stereocenters. The van der Waals surface area contributed by atoms with Gasteiger partial charge in [0, 0.05) is 17.5 Å². The smallest absolute Gasteiger partial charge is 0.214 e. The third-order valence-corrected chi connectivity index (χ3v) is 5.28. The van der Waals surface area contributed by atoms with Gasteiger partial charge in [-0.2, -0.15) is 5.10 Å². The van der Waals surface area contributed by atoms with Crippen LogP contribution >= 0.6 is 0 Å². The Morgan fingerprint density at radius 1 is 1.10 bits per heavy atom. The van der Waals surface area contributed by atoms with Crippen LogP contribution in [0, 0.1) is 0 Å². The summed E-state index contributed by atoms with van der Waals surface area (Å²) >= 11 is 0. The summed E-state index contributed by atoms with van der Waals surface area (Å²) in [6.07, 6.45) is 2.05. The summed E-state index contributed by atoms with van der Waals surface area (Å²) in [6, 6.07) is 17.8. The Labute approximate surface area is 169 Å². The van der Waals surface area contributed by atoms with Crippen LogP contribution in [-0.4, -0.2) is 24.4 Å². The van der Waals surface area contributed by atoms with Crippen molar-refractivity contribution in [2.45, 2.75) is 25.6 Å². The molecule has 148 valence electrons. The van der Waals surface area contributed by atoms with E-state index in [0.29, 0.717) is 6.61 Å². The fourth-order valence-electron chi connectivity index (χ4n) is 3.95. The molecule has 5 rings (SSSR count). The van der Waals surface area contributed by atoms with Crippen LogP contribution in [0.4, 0.5) is 0 Å². The van der Waals surface area contributed by atoms with Crippen LogP contribution in [-0.2, 0) is 0 Å².